The van der Waals surface area contributed by atoms with Crippen LogP contribution < -0.4 is 4.90 Å². The third kappa shape index (κ3) is 1.94. The van der Waals surface area contributed by atoms with E-state index in [-0.39, 0.29) is 0 Å². The highest BCUT2D eigenvalue weighted by Crippen LogP contribution is 2.36. The van der Waals surface area contributed by atoms with E-state index in [0.29, 0.717) is 0 Å². The van der Waals surface area contributed by atoms with Gasteiger partial charge in [-0.05, 0) is 44.7 Å². The fraction of sp³-hybridized carbons (Fsp3) is 0.538. The number of hydrogen-bond donors (Lipinski definition) is 0. The van der Waals surface area contributed by atoms with Crippen LogP contribution in [0.2, 0.25) is 0 Å². The lowest BCUT2D eigenvalue weighted by Crippen LogP contribution is -2.31. The van der Waals surface area contributed by atoms with Crippen LogP contribution in [0.15, 0.2) is 23.3 Å². The molecule has 1 aromatic rings. The maximum Gasteiger partial charge on any atom is 0.151 e. The van der Waals surface area contributed by atoms with E-state index in [1.807, 2.05) is 13.0 Å². The molecule has 0 N–H and O–H groups in total. The summed E-state index contributed by atoms with van der Waals surface area (Å²) in [4.78, 5) is 2.35. The smallest absolute Gasteiger partial charge is 0.151 e. The van der Waals surface area contributed by atoms with Crippen LogP contribution in [0.5, 0.6) is 0 Å². The molecule has 2 aliphatic rings. The topological polar surface area (TPSA) is 29.0 Å². The first-order valence-corrected chi connectivity index (χ1v) is 6.08. The molecular formula is C13H17N3. The highest BCUT2D eigenvalue weighted by molar-refractivity contribution is 5.40. The zero-order valence-corrected chi connectivity index (χ0v) is 9.74. The van der Waals surface area contributed by atoms with Crippen molar-refractivity contribution in [3.05, 3.63) is 29.0 Å². The fourth-order valence-corrected chi connectivity index (χ4v) is 2.34. The molecule has 0 amide bonds. The van der Waals surface area contributed by atoms with Crippen molar-refractivity contribution in [3.8, 4) is 0 Å². The normalized spacial score (nSPS) is 20.2. The Morgan fingerprint density at radius 2 is 1.62 bits per heavy atom. The zero-order chi connectivity index (χ0) is 11.0. The van der Waals surface area contributed by atoms with Crippen molar-refractivity contribution < 1.29 is 0 Å². The maximum absolute atomic E-state index is 4.25. The molecule has 84 valence electrons. The molecule has 0 aromatic carbocycles. The molecule has 0 atom stereocenters. The van der Waals surface area contributed by atoms with Crippen molar-refractivity contribution >= 4 is 5.82 Å². The van der Waals surface area contributed by atoms with Crippen molar-refractivity contribution in [2.75, 3.05) is 18.0 Å². The van der Waals surface area contributed by atoms with E-state index in [1.165, 1.54) is 25.7 Å². The van der Waals surface area contributed by atoms with Gasteiger partial charge in [-0.1, -0.05) is 11.1 Å². The Kier molecular flexibility index (Phi) is 2.39. The van der Waals surface area contributed by atoms with E-state index in [1.54, 1.807) is 11.1 Å². The van der Waals surface area contributed by atoms with Gasteiger partial charge in [0, 0.05) is 13.1 Å². The summed E-state index contributed by atoms with van der Waals surface area (Å²) in [5, 5.41) is 8.36. The number of allylic oxidation sites excluding steroid dienone is 1. The summed E-state index contributed by atoms with van der Waals surface area (Å²) in [5.41, 5.74) is 4.44. The van der Waals surface area contributed by atoms with Gasteiger partial charge in [-0.2, -0.15) is 5.10 Å². The van der Waals surface area contributed by atoms with E-state index in [2.05, 4.69) is 21.2 Å². The lowest BCUT2D eigenvalue weighted by molar-refractivity contribution is 0.668. The van der Waals surface area contributed by atoms with E-state index in [0.717, 1.165) is 24.6 Å². The molecule has 2 fully saturated rings. The highest BCUT2D eigenvalue weighted by Gasteiger charge is 2.22. The molecule has 2 heterocycles. The first-order valence-electron chi connectivity index (χ1n) is 6.08. The monoisotopic (exact) mass is 215 g/mol. The Morgan fingerprint density at radius 1 is 0.938 bits per heavy atom. The summed E-state index contributed by atoms with van der Waals surface area (Å²) >= 11 is 0. The molecule has 0 unspecified atom stereocenters. The summed E-state index contributed by atoms with van der Waals surface area (Å²) in [6.45, 7) is 4.19. The minimum Gasteiger partial charge on any atom is -0.354 e. The Bertz CT molecular complexity index is 403. The molecule has 1 aliphatic carbocycles. The zero-order valence-electron chi connectivity index (χ0n) is 9.74. The van der Waals surface area contributed by atoms with Gasteiger partial charge in [0.15, 0.2) is 5.82 Å². The molecule has 0 radical (unpaired) electrons. The van der Waals surface area contributed by atoms with Gasteiger partial charge in [-0.25, -0.2) is 0 Å². The second kappa shape index (κ2) is 3.89. The Balaban J connectivity index is 1.69. The van der Waals surface area contributed by atoms with Crippen LogP contribution >= 0.6 is 0 Å². The average Bonchev–Trinajstić information content (AvgIpc) is 3.14. The molecule has 0 spiro atoms. The molecule has 1 saturated carbocycles. The van der Waals surface area contributed by atoms with Crippen LogP contribution in [0.3, 0.4) is 0 Å². The predicted octanol–water partition coefficient (Wildman–Crippen LogP) is 2.48. The van der Waals surface area contributed by atoms with Crippen molar-refractivity contribution in [1.29, 1.82) is 0 Å². The van der Waals surface area contributed by atoms with E-state index in [4.69, 9.17) is 0 Å². The molecule has 1 aromatic heterocycles. The Morgan fingerprint density at radius 3 is 2.19 bits per heavy atom. The second-order valence-corrected chi connectivity index (χ2v) is 4.73. The van der Waals surface area contributed by atoms with Crippen LogP contribution in [-0.2, 0) is 0 Å². The van der Waals surface area contributed by atoms with E-state index >= 15 is 0 Å². The van der Waals surface area contributed by atoms with Crippen molar-refractivity contribution in [2.24, 2.45) is 0 Å². The minimum atomic E-state index is 0.988. The molecule has 16 heavy (non-hydrogen) atoms. The quantitative estimate of drug-likeness (QED) is 0.674. The molecule has 0 bridgehead atoms. The predicted molar refractivity (Wildman–Crippen MR) is 64.5 cm³/mol. The maximum atomic E-state index is 4.25. The largest absolute Gasteiger partial charge is 0.354 e. The number of nitrogens with zero attached hydrogens (tertiary/aromatic N) is 3. The minimum absolute atomic E-state index is 0.988. The van der Waals surface area contributed by atoms with Gasteiger partial charge < -0.3 is 4.90 Å². The highest BCUT2D eigenvalue weighted by atomic mass is 15.3. The second-order valence-electron chi connectivity index (χ2n) is 4.73. The van der Waals surface area contributed by atoms with Crippen LogP contribution in [0.1, 0.15) is 31.4 Å². The first kappa shape index (κ1) is 9.82. The molecule has 1 aliphatic heterocycles. The summed E-state index contributed by atoms with van der Waals surface area (Å²) in [6.07, 6.45) is 5.18. The number of piperidine rings is 1. The first-order chi connectivity index (χ1) is 7.83. The number of aryl methyl sites for hydroxylation is 1. The lowest BCUT2D eigenvalue weighted by atomic mass is 10.0. The summed E-state index contributed by atoms with van der Waals surface area (Å²) in [5.74, 6) is 1.03. The average molecular weight is 215 g/mol. The van der Waals surface area contributed by atoms with Crippen LogP contribution in [0, 0.1) is 6.92 Å². The van der Waals surface area contributed by atoms with Gasteiger partial charge in [0.2, 0.25) is 0 Å². The van der Waals surface area contributed by atoms with Gasteiger partial charge >= 0.3 is 0 Å². The number of hydrogen-bond acceptors (Lipinski definition) is 3. The third-order valence-electron chi connectivity index (χ3n) is 3.47. The van der Waals surface area contributed by atoms with Crippen molar-refractivity contribution in [3.63, 3.8) is 0 Å². The lowest BCUT2D eigenvalue weighted by Gasteiger charge is -2.29. The third-order valence-corrected chi connectivity index (χ3v) is 3.47. The Hall–Kier alpha value is -1.38. The van der Waals surface area contributed by atoms with Crippen molar-refractivity contribution in [1.82, 2.24) is 10.2 Å². The number of rotatable bonds is 1. The van der Waals surface area contributed by atoms with Gasteiger partial charge in [-0.3, -0.25) is 0 Å². The molecule has 3 nitrogen and oxygen atoms in total. The Labute approximate surface area is 96.2 Å². The van der Waals surface area contributed by atoms with Crippen LogP contribution in [0.4, 0.5) is 5.82 Å². The van der Waals surface area contributed by atoms with Gasteiger partial charge in [0.05, 0.1) is 5.69 Å². The van der Waals surface area contributed by atoms with Gasteiger partial charge in [-0.15, -0.1) is 5.10 Å². The van der Waals surface area contributed by atoms with E-state index in [9.17, 15) is 0 Å². The number of aromatic nitrogens is 2. The van der Waals surface area contributed by atoms with Gasteiger partial charge in [0.1, 0.15) is 0 Å². The summed E-state index contributed by atoms with van der Waals surface area (Å²) in [7, 11) is 0. The van der Waals surface area contributed by atoms with Crippen LogP contribution in [0.25, 0.3) is 0 Å². The SMILES string of the molecule is Cc1ccc(N2CCC(=C3CC3)CC2)nn1. The molecular weight excluding hydrogens is 198 g/mol. The summed E-state index contributed by atoms with van der Waals surface area (Å²) in [6, 6.07) is 4.12. The molecule has 1 saturated heterocycles. The fourth-order valence-electron chi connectivity index (χ4n) is 2.34. The van der Waals surface area contributed by atoms with Crippen molar-refractivity contribution in [2.45, 2.75) is 32.6 Å². The van der Waals surface area contributed by atoms with Gasteiger partial charge in [0.25, 0.3) is 0 Å². The molecule has 3 heteroatoms. The van der Waals surface area contributed by atoms with E-state index < -0.39 is 0 Å². The standard InChI is InChI=1S/C13H17N3/c1-10-2-5-13(15-14-10)16-8-6-12(7-9-16)11-3-4-11/h2,5H,3-4,6-9H2,1H3. The molecule has 3 rings (SSSR count). The number of anilines is 1. The summed E-state index contributed by atoms with van der Waals surface area (Å²) < 4.78 is 0. The van der Waals surface area contributed by atoms with Crippen LogP contribution in [-0.4, -0.2) is 23.3 Å².